The number of ether oxygens (including phenoxy) is 8. The SMILES string of the molecule is CC(C)OC(=O)[C@H](CCC(=O)C=[N+]=N)NC(=O)OCc1ccc(O[C@@H]2OC(CO)[C@@H](O)[C@H](O)[C@H]2O)cc1.CC(C)OC(=O)[C@H](CCC(=O)C=[N+]=[N-])NC(=O)OCc1ccc(O[C@@H]2C[C@@H](O)[C@@H](O)[C@@H](CO)O2)cc1. The zero-order valence-corrected chi connectivity index (χ0v) is 40.3. The van der Waals surface area contributed by atoms with Crippen molar-refractivity contribution in [3.05, 3.63) is 65.2 Å². The maximum absolute atomic E-state index is 12.3. The fraction of sp³-hybridized carbons (Fsp3) is 0.565. The van der Waals surface area contributed by atoms with E-state index in [4.69, 9.17) is 49.0 Å². The van der Waals surface area contributed by atoms with E-state index in [0.717, 1.165) is 6.21 Å². The number of nitrogens with zero attached hydrogens (tertiary/aromatic N) is 3. The summed E-state index contributed by atoms with van der Waals surface area (Å²) in [4.78, 5) is 77.7. The number of Topliss-reactive ketones (excluding diaryl/α,β-unsaturated/α-hetero) is 2. The van der Waals surface area contributed by atoms with Crippen molar-refractivity contribution in [3.63, 3.8) is 0 Å². The first-order valence-electron chi connectivity index (χ1n) is 22.8. The Hall–Kier alpha value is -6.74. The van der Waals surface area contributed by atoms with Gasteiger partial charge in [0.05, 0.1) is 41.8 Å². The Bertz CT molecular complexity index is 2200. The highest BCUT2D eigenvalue weighted by Crippen LogP contribution is 2.26. The van der Waals surface area contributed by atoms with Gasteiger partial charge in [0.2, 0.25) is 24.1 Å². The number of hydrogen-bond acceptors (Lipinski definition) is 22. The van der Waals surface area contributed by atoms with E-state index in [-0.39, 0.29) is 51.1 Å². The Labute approximate surface area is 418 Å². The number of ketones is 2. The highest BCUT2D eigenvalue weighted by molar-refractivity contribution is 6.25. The third-order valence-electron chi connectivity index (χ3n) is 10.3. The molecule has 2 aromatic rings. The summed E-state index contributed by atoms with van der Waals surface area (Å²) in [5, 5.41) is 72.6. The molecule has 2 amide bonds. The first-order chi connectivity index (χ1) is 34.7. The number of aliphatic hydroxyl groups is 7. The van der Waals surface area contributed by atoms with Crippen LogP contribution in [0.2, 0.25) is 0 Å². The van der Waals surface area contributed by atoms with Crippen LogP contribution in [0.5, 0.6) is 11.5 Å². The minimum atomic E-state index is -1.58. The molecule has 1 unspecified atom stereocenters. The lowest BCUT2D eigenvalue weighted by atomic mass is 9.99. The molecule has 2 aromatic carbocycles. The standard InChI is InChI=1S/C23H31N3O11.C23H31N3O10/c1-12(2)35-21(32)16(8-5-14(28)9-25-24)26-23(33)34-11-13-3-6-15(7-4-13)36-22-20(31)19(30)18(29)17(10-27)37-22;1-13(2)34-22(31)17(8-5-15(28)10-25-24)26-23(32)33-12-14-3-6-16(7-4-14)35-20-9-18(29)21(30)19(11-27)36-20/h3-4,6-7,9,12,16-20,22,24,27,29-31H,5,8,10-11H2,1-2H3;3-4,6-7,10,13,17-21,27,29-30H,5,8-9,11-12H2,1-2H3,(H,26,32)/p+1/t16-,17?,18+,19-,20+,22+;17-,18+,19+,20-,21+/m00/s1. The molecule has 73 heavy (non-hydrogen) atoms. The zero-order valence-electron chi connectivity index (χ0n) is 40.3. The van der Waals surface area contributed by atoms with Gasteiger partial charge in [-0.1, -0.05) is 24.3 Å². The summed E-state index contributed by atoms with van der Waals surface area (Å²) in [6.45, 7) is 5.18. The number of benzene rings is 2. The summed E-state index contributed by atoms with van der Waals surface area (Å²) in [5.74, 6) is -1.87. The summed E-state index contributed by atoms with van der Waals surface area (Å²) in [6, 6.07) is 10.2. The molecule has 4 rings (SSSR count). The lowest BCUT2D eigenvalue weighted by Crippen LogP contribution is -2.60. The monoisotopic (exact) mass is 1040 g/mol. The molecular weight excluding hydrogens is 973 g/mol. The van der Waals surface area contributed by atoms with Crippen molar-refractivity contribution in [2.45, 2.75) is 153 Å². The first-order valence-corrected chi connectivity index (χ1v) is 22.8. The molecule has 27 heteroatoms. The number of rotatable bonds is 24. The number of nitrogens with one attached hydrogen (secondary N) is 3. The summed E-state index contributed by atoms with van der Waals surface area (Å²) in [7, 11) is 0. The highest BCUT2D eigenvalue weighted by Gasteiger charge is 2.45. The largest absolute Gasteiger partial charge is 0.465 e. The molecule has 2 aliphatic heterocycles. The number of hydrogen-bond donors (Lipinski definition) is 10. The number of esters is 2. The maximum Gasteiger partial charge on any atom is 0.408 e. The Morgan fingerprint density at radius 3 is 1.56 bits per heavy atom. The normalized spacial score (nSPS) is 23.1. The van der Waals surface area contributed by atoms with Crippen LogP contribution in [-0.2, 0) is 60.8 Å². The van der Waals surface area contributed by atoms with Crippen molar-refractivity contribution in [2.75, 3.05) is 13.2 Å². The molecule has 0 aliphatic carbocycles. The van der Waals surface area contributed by atoms with Crippen molar-refractivity contribution < 1.29 is 112 Å². The second kappa shape index (κ2) is 31.0. The predicted molar refractivity (Wildman–Crippen MR) is 244 cm³/mol. The smallest absolute Gasteiger partial charge is 0.408 e. The van der Waals surface area contributed by atoms with Crippen LogP contribution in [0.1, 0.15) is 70.9 Å². The molecule has 27 nitrogen and oxygen atoms in total. The number of aliphatic hydroxyl groups excluding tert-OH is 7. The van der Waals surface area contributed by atoms with Crippen LogP contribution in [0.25, 0.3) is 5.53 Å². The van der Waals surface area contributed by atoms with Crippen LogP contribution in [0.3, 0.4) is 0 Å². The van der Waals surface area contributed by atoms with Gasteiger partial charge in [-0.25, -0.2) is 19.2 Å². The lowest BCUT2D eigenvalue weighted by Gasteiger charge is -2.39. The van der Waals surface area contributed by atoms with Gasteiger partial charge in [-0.05, 0) is 75.9 Å². The molecule has 11 atom stereocenters. The van der Waals surface area contributed by atoms with Gasteiger partial charge in [0, 0.05) is 19.3 Å². The molecule has 2 fully saturated rings. The minimum absolute atomic E-state index is 0.0154. The topological polar surface area (TPSA) is 416 Å². The zero-order chi connectivity index (χ0) is 54.2. The van der Waals surface area contributed by atoms with Gasteiger partial charge in [0.25, 0.3) is 0 Å². The van der Waals surface area contributed by atoms with Crippen LogP contribution in [0.4, 0.5) is 9.59 Å². The first kappa shape index (κ1) is 60.6. The summed E-state index contributed by atoms with van der Waals surface area (Å²) < 4.78 is 42.3. The van der Waals surface area contributed by atoms with E-state index in [1.165, 1.54) is 12.1 Å². The number of carbonyl (C=O) groups is 6. The van der Waals surface area contributed by atoms with Crippen molar-refractivity contribution in [2.24, 2.45) is 0 Å². The third kappa shape index (κ3) is 21.1. The van der Waals surface area contributed by atoms with Crippen LogP contribution in [-0.4, -0.2) is 186 Å². The maximum atomic E-state index is 12.3. The van der Waals surface area contributed by atoms with Gasteiger partial charge in [-0.2, -0.15) is 4.79 Å². The molecule has 2 saturated heterocycles. The molecule has 0 bridgehead atoms. The molecule has 0 radical (unpaired) electrons. The average Bonchev–Trinajstić information content (AvgIpc) is 3.34. The summed E-state index contributed by atoms with van der Waals surface area (Å²) in [6.07, 6.45) is -12.9. The van der Waals surface area contributed by atoms with Gasteiger partial charge in [-0.3, -0.25) is 9.59 Å². The quantitative estimate of drug-likeness (QED) is 0.0201. The molecule has 0 aromatic heterocycles. The van der Waals surface area contributed by atoms with Crippen LogP contribution >= 0.6 is 0 Å². The van der Waals surface area contributed by atoms with Gasteiger partial charge >= 0.3 is 36.6 Å². The molecule has 2 heterocycles. The fourth-order valence-corrected chi connectivity index (χ4v) is 6.55. The van der Waals surface area contributed by atoms with Gasteiger partial charge in [0.15, 0.2) is 0 Å². The molecule has 0 saturated carbocycles. The molecule has 402 valence electrons. The van der Waals surface area contributed by atoms with E-state index in [1.54, 1.807) is 64.1 Å². The summed E-state index contributed by atoms with van der Waals surface area (Å²) >= 11 is 0. The highest BCUT2D eigenvalue weighted by atomic mass is 16.7. The lowest BCUT2D eigenvalue weighted by molar-refractivity contribution is -0.277. The van der Waals surface area contributed by atoms with Gasteiger partial charge in [0.1, 0.15) is 73.4 Å². The van der Waals surface area contributed by atoms with Gasteiger partial charge < -0.3 is 89.8 Å². The molecular formula is C46H63N6O21+. The van der Waals surface area contributed by atoms with Crippen molar-refractivity contribution in [1.82, 2.24) is 10.6 Å². The van der Waals surface area contributed by atoms with Crippen molar-refractivity contribution in [1.29, 1.82) is 5.53 Å². The average molecular weight is 1040 g/mol. The molecule has 2 aliphatic rings. The van der Waals surface area contributed by atoms with Crippen molar-refractivity contribution >= 4 is 48.1 Å². The van der Waals surface area contributed by atoms with E-state index in [0.29, 0.717) is 23.1 Å². The minimum Gasteiger partial charge on any atom is -0.465 e. The van der Waals surface area contributed by atoms with E-state index >= 15 is 0 Å². The Kier molecular flexibility index (Phi) is 25.7. The Morgan fingerprint density at radius 2 is 1.12 bits per heavy atom. The Morgan fingerprint density at radius 1 is 0.671 bits per heavy atom. The number of carbonyl (C=O) groups excluding carboxylic acids is 6. The molecule has 10 N–H and O–H groups in total. The second-order valence-electron chi connectivity index (χ2n) is 16.8. The van der Waals surface area contributed by atoms with Crippen LogP contribution < -0.4 is 20.1 Å². The van der Waals surface area contributed by atoms with Gasteiger partial charge in [-0.15, -0.1) is 0 Å². The van der Waals surface area contributed by atoms with Crippen LogP contribution in [0, 0.1) is 5.53 Å². The Balaban J connectivity index is 0.000000385. The number of alkyl carbamates (subject to hydrolysis) is 2. The van der Waals surface area contributed by atoms with E-state index in [1.807, 2.05) is 0 Å². The predicted octanol–water partition coefficient (Wildman–Crippen LogP) is -0.838. The summed E-state index contributed by atoms with van der Waals surface area (Å²) in [5.41, 5.74) is 16.2. The fourth-order valence-electron chi connectivity index (χ4n) is 6.55. The van der Waals surface area contributed by atoms with E-state index < -0.39 is 129 Å². The number of amides is 2. The van der Waals surface area contributed by atoms with E-state index in [2.05, 4.69) is 20.2 Å². The van der Waals surface area contributed by atoms with E-state index in [9.17, 15) is 64.5 Å². The third-order valence-corrected chi connectivity index (χ3v) is 10.3. The second-order valence-corrected chi connectivity index (χ2v) is 16.8. The van der Waals surface area contributed by atoms with Crippen LogP contribution in [0.15, 0.2) is 48.5 Å². The molecule has 0 spiro atoms. The van der Waals surface area contributed by atoms with Crippen molar-refractivity contribution in [3.8, 4) is 11.5 Å².